The molecule has 0 amide bonds. The zero-order valence-corrected chi connectivity index (χ0v) is 12.5. The van der Waals surface area contributed by atoms with E-state index in [-0.39, 0.29) is 5.78 Å². The molecule has 1 rings (SSSR count). The maximum atomic E-state index is 11.7. The molecular formula is C14H20BrNO. The van der Waals surface area contributed by atoms with Gasteiger partial charge in [-0.1, -0.05) is 35.4 Å². The van der Waals surface area contributed by atoms with E-state index in [4.69, 9.17) is 0 Å². The molecule has 1 heterocycles. The zero-order valence-electron chi connectivity index (χ0n) is 11.0. The van der Waals surface area contributed by atoms with E-state index < -0.39 is 5.54 Å². The van der Waals surface area contributed by atoms with E-state index in [0.717, 1.165) is 23.0 Å². The number of nitrogens with zero attached hydrogens (tertiary/aromatic N) is 1. The Morgan fingerprint density at radius 3 is 2.71 bits per heavy atom. The Hall–Kier alpha value is -0.830. The van der Waals surface area contributed by atoms with Crippen LogP contribution < -0.4 is 0 Å². The lowest BCUT2D eigenvalue weighted by molar-refractivity contribution is -0.124. The number of carbonyl (C=O) groups is 1. The van der Waals surface area contributed by atoms with Crippen LogP contribution in [0.5, 0.6) is 0 Å². The lowest BCUT2D eigenvalue weighted by Gasteiger charge is -2.38. The number of carbonyl (C=O) groups excluding carboxylic acids is 1. The second kappa shape index (κ2) is 5.67. The van der Waals surface area contributed by atoms with Crippen LogP contribution in [-0.2, 0) is 4.79 Å². The van der Waals surface area contributed by atoms with Crippen molar-refractivity contribution < 1.29 is 4.79 Å². The summed E-state index contributed by atoms with van der Waals surface area (Å²) in [5.41, 5.74) is 0.585. The van der Waals surface area contributed by atoms with Gasteiger partial charge >= 0.3 is 0 Å². The van der Waals surface area contributed by atoms with E-state index in [9.17, 15) is 4.79 Å². The Labute approximate surface area is 112 Å². The molecule has 0 spiro atoms. The topological polar surface area (TPSA) is 20.3 Å². The minimum absolute atomic E-state index is 0.163. The SMILES string of the molecule is CCC/C=C1\C=C(Br)C=CN1C(C)(C)C(C)=O. The zero-order chi connectivity index (χ0) is 13.1. The van der Waals surface area contributed by atoms with Crippen molar-refractivity contribution in [2.75, 3.05) is 0 Å². The molecule has 0 N–H and O–H groups in total. The first-order valence-electron chi connectivity index (χ1n) is 5.95. The molecule has 0 bridgehead atoms. The number of ketones is 1. The van der Waals surface area contributed by atoms with Gasteiger partial charge in [0.25, 0.3) is 0 Å². The minimum atomic E-state index is -0.500. The molecule has 17 heavy (non-hydrogen) atoms. The number of hydrogen-bond donors (Lipinski definition) is 0. The van der Waals surface area contributed by atoms with Crippen molar-refractivity contribution in [3.05, 3.63) is 34.6 Å². The highest BCUT2D eigenvalue weighted by atomic mass is 79.9. The average Bonchev–Trinajstić information content (AvgIpc) is 2.25. The second-order valence-corrected chi connectivity index (χ2v) is 5.66. The van der Waals surface area contributed by atoms with Gasteiger partial charge in [0.15, 0.2) is 5.78 Å². The van der Waals surface area contributed by atoms with Crippen LogP contribution in [0.15, 0.2) is 34.6 Å². The maximum Gasteiger partial charge on any atom is 0.155 e. The molecule has 0 aromatic rings. The summed E-state index contributed by atoms with van der Waals surface area (Å²) < 4.78 is 1.04. The molecular weight excluding hydrogens is 278 g/mol. The molecule has 2 nitrogen and oxygen atoms in total. The second-order valence-electron chi connectivity index (χ2n) is 4.75. The monoisotopic (exact) mass is 297 g/mol. The van der Waals surface area contributed by atoms with E-state index in [1.807, 2.05) is 31.0 Å². The average molecular weight is 298 g/mol. The van der Waals surface area contributed by atoms with E-state index in [0.29, 0.717) is 0 Å². The van der Waals surface area contributed by atoms with Crippen LogP contribution in [0.3, 0.4) is 0 Å². The summed E-state index contributed by atoms with van der Waals surface area (Å²) in [4.78, 5) is 13.8. The van der Waals surface area contributed by atoms with Gasteiger partial charge in [0.2, 0.25) is 0 Å². The highest BCUT2D eigenvalue weighted by molar-refractivity contribution is 9.11. The minimum Gasteiger partial charge on any atom is -0.336 e. The third-order valence-corrected chi connectivity index (χ3v) is 3.55. The molecule has 0 unspecified atom stereocenters. The van der Waals surface area contributed by atoms with E-state index in [1.165, 1.54) is 0 Å². The normalized spacial score (nSPS) is 18.5. The smallest absolute Gasteiger partial charge is 0.155 e. The summed E-state index contributed by atoms with van der Waals surface area (Å²) in [6.07, 6.45) is 10.3. The lowest BCUT2D eigenvalue weighted by Crippen LogP contribution is -2.45. The first-order chi connectivity index (χ1) is 7.89. The number of rotatable bonds is 4. The molecule has 94 valence electrons. The lowest BCUT2D eigenvalue weighted by atomic mass is 9.96. The van der Waals surface area contributed by atoms with Crippen LogP contribution in [0.2, 0.25) is 0 Å². The van der Waals surface area contributed by atoms with E-state index in [1.54, 1.807) is 6.92 Å². The number of Topliss-reactive ketones (excluding diaryl/α,β-unsaturated/α-hetero) is 1. The summed E-state index contributed by atoms with van der Waals surface area (Å²) in [7, 11) is 0. The van der Waals surface area contributed by atoms with Gasteiger partial charge in [-0.3, -0.25) is 4.79 Å². The number of hydrogen-bond acceptors (Lipinski definition) is 2. The van der Waals surface area contributed by atoms with Gasteiger partial charge in [-0.15, -0.1) is 0 Å². The van der Waals surface area contributed by atoms with Crippen molar-refractivity contribution in [1.82, 2.24) is 4.90 Å². The van der Waals surface area contributed by atoms with Gasteiger partial charge in [-0.25, -0.2) is 0 Å². The van der Waals surface area contributed by atoms with Crippen molar-refractivity contribution in [2.45, 2.75) is 46.1 Å². The van der Waals surface area contributed by atoms with E-state index >= 15 is 0 Å². The van der Waals surface area contributed by atoms with Crippen LogP contribution in [0.1, 0.15) is 40.5 Å². The Balaban J connectivity index is 3.06. The first kappa shape index (κ1) is 14.2. The largest absolute Gasteiger partial charge is 0.336 e. The van der Waals surface area contributed by atoms with Gasteiger partial charge in [-0.05, 0) is 39.3 Å². The number of unbranched alkanes of at least 4 members (excludes halogenated alkanes) is 1. The highest BCUT2D eigenvalue weighted by Gasteiger charge is 2.32. The van der Waals surface area contributed by atoms with Crippen LogP contribution >= 0.6 is 15.9 Å². The summed E-state index contributed by atoms with van der Waals surface area (Å²) in [5.74, 6) is 0.163. The van der Waals surface area contributed by atoms with Crippen molar-refractivity contribution >= 4 is 21.7 Å². The van der Waals surface area contributed by atoms with Gasteiger partial charge < -0.3 is 4.90 Å². The van der Waals surface area contributed by atoms with Crippen LogP contribution in [0, 0.1) is 0 Å². The Bertz CT molecular complexity index is 391. The van der Waals surface area contributed by atoms with Crippen molar-refractivity contribution in [1.29, 1.82) is 0 Å². The van der Waals surface area contributed by atoms with Gasteiger partial charge in [-0.2, -0.15) is 0 Å². The first-order valence-corrected chi connectivity index (χ1v) is 6.74. The third-order valence-electron chi connectivity index (χ3n) is 3.05. The fourth-order valence-electron chi connectivity index (χ4n) is 1.62. The predicted molar refractivity (Wildman–Crippen MR) is 75.7 cm³/mol. The molecule has 0 saturated heterocycles. The molecule has 0 radical (unpaired) electrons. The Morgan fingerprint density at radius 2 is 2.18 bits per heavy atom. The molecule has 0 atom stereocenters. The van der Waals surface area contributed by atoms with Crippen LogP contribution in [0.4, 0.5) is 0 Å². The van der Waals surface area contributed by atoms with Gasteiger partial charge in [0.05, 0.1) is 5.54 Å². The molecule has 1 aliphatic rings. The van der Waals surface area contributed by atoms with E-state index in [2.05, 4.69) is 35.0 Å². The Morgan fingerprint density at radius 1 is 1.53 bits per heavy atom. The number of halogens is 1. The van der Waals surface area contributed by atoms with Crippen LogP contribution in [-0.4, -0.2) is 16.2 Å². The summed E-state index contributed by atoms with van der Waals surface area (Å²) in [6.45, 7) is 7.69. The van der Waals surface area contributed by atoms with Crippen LogP contribution in [0.25, 0.3) is 0 Å². The van der Waals surface area contributed by atoms with Crippen molar-refractivity contribution in [3.8, 4) is 0 Å². The third kappa shape index (κ3) is 3.32. The van der Waals surface area contributed by atoms with Gasteiger partial charge in [0, 0.05) is 16.4 Å². The standard InChI is InChI=1S/C14H20BrNO/c1-5-6-7-13-10-12(15)8-9-16(13)14(3,4)11(2)17/h7-10H,5-6H2,1-4H3/b13-7+. The van der Waals surface area contributed by atoms with Gasteiger partial charge in [0.1, 0.15) is 0 Å². The fraction of sp³-hybridized carbons (Fsp3) is 0.500. The molecule has 0 aliphatic carbocycles. The number of allylic oxidation sites excluding steroid dienone is 4. The molecule has 0 aromatic heterocycles. The van der Waals surface area contributed by atoms with Crippen molar-refractivity contribution in [2.24, 2.45) is 0 Å². The fourth-order valence-corrected chi connectivity index (χ4v) is 1.97. The molecule has 1 aliphatic heterocycles. The molecule has 0 aromatic carbocycles. The molecule has 0 fully saturated rings. The quantitative estimate of drug-likeness (QED) is 0.777. The molecule has 3 heteroatoms. The summed E-state index contributed by atoms with van der Waals surface area (Å²) in [6, 6.07) is 0. The maximum absolute atomic E-state index is 11.7. The molecule has 0 saturated carbocycles. The van der Waals surface area contributed by atoms with Crippen molar-refractivity contribution in [3.63, 3.8) is 0 Å². The summed E-state index contributed by atoms with van der Waals surface area (Å²) in [5, 5.41) is 0. The predicted octanol–water partition coefficient (Wildman–Crippen LogP) is 4.15. The summed E-state index contributed by atoms with van der Waals surface area (Å²) >= 11 is 3.47. The Kier molecular flexibility index (Phi) is 4.75. The highest BCUT2D eigenvalue weighted by Crippen LogP contribution is 2.29.